The molecule has 0 atom stereocenters. The summed E-state index contributed by atoms with van der Waals surface area (Å²) in [6.45, 7) is 9.69. The number of carbonyl (C=O) groups is 2. The molecule has 1 aromatic heterocycles. The fourth-order valence-electron chi connectivity index (χ4n) is 4.70. The highest BCUT2D eigenvalue weighted by atomic mass is 32.1. The van der Waals surface area contributed by atoms with E-state index in [0.717, 1.165) is 63.1 Å². The Balaban J connectivity index is 1.42. The van der Waals surface area contributed by atoms with Gasteiger partial charge in [0.1, 0.15) is 0 Å². The minimum absolute atomic E-state index is 0.299. The average molecular weight is 453 g/mol. The Bertz CT molecular complexity index is 998. The smallest absolute Gasteiger partial charge is 0.337 e. The summed E-state index contributed by atoms with van der Waals surface area (Å²) < 4.78 is 4.79. The molecule has 170 valence electrons. The maximum atomic E-state index is 11.7. The van der Waals surface area contributed by atoms with Crippen LogP contribution in [0.15, 0.2) is 41.3 Å². The summed E-state index contributed by atoms with van der Waals surface area (Å²) in [7, 11) is 1.41. The van der Waals surface area contributed by atoms with Crippen LogP contribution >= 0.6 is 11.3 Å². The van der Waals surface area contributed by atoms with Gasteiger partial charge in [-0.05, 0) is 60.6 Å². The number of aldehydes is 1. The minimum Gasteiger partial charge on any atom is -0.465 e. The van der Waals surface area contributed by atoms with Crippen molar-refractivity contribution in [1.29, 1.82) is 0 Å². The van der Waals surface area contributed by atoms with E-state index in [9.17, 15) is 9.59 Å². The summed E-state index contributed by atoms with van der Waals surface area (Å²) in [5.74, 6) is -0.299. The molecule has 5 nitrogen and oxygen atoms in total. The Hall–Kier alpha value is -2.44. The number of anilines is 1. The molecule has 1 aliphatic heterocycles. The standard InChI is InChI=1S/C26H32N2O3S/c1-26(2)9-8-21(23(15-26)24-14-19(17-29)18-32-24)16-27-10-12-28(13-11-27)22-6-4-20(5-7-22)25(30)31-3/h4-7,14,17-18H,8-13,15-16H2,1-3H3. The molecule has 0 saturated carbocycles. The topological polar surface area (TPSA) is 49.9 Å². The van der Waals surface area contributed by atoms with Gasteiger partial charge < -0.3 is 9.64 Å². The molecule has 6 heteroatoms. The lowest BCUT2D eigenvalue weighted by Crippen LogP contribution is -2.47. The summed E-state index contributed by atoms with van der Waals surface area (Å²) in [6, 6.07) is 9.75. The number of piperazine rings is 1. The second kappa shape index (κ2) is 9.59. The molecule has 1 aliphatic carbocycles. The number of ether oxygens (including phenoxy) is 1. The summed E-state index contributed by atoms with van der Waals surface area (Å²) in [6.07, 6.45) is 4.37. The summed E-state index contributed by atoms with van der Waals surface area (Å²) in [4.78, 5) is 29.1. The minimum atomic E-state index is -0.299. The summed E-state index contributed by atoms with van der Waals surface area (Å²) >= 11 is 1.70. The second-order valence-corrected chi connectivity index (χ2v) is 10.5. The number of hydrogen-bond acceptors (Lipinski definition) is 6. The highest BCUT2D eigenvalue weighted by Crippen LogP contribution is 2.44. The van der Waals surface area contributed by atoms with Gasteiger partial charge in [-0.2, -0.15) is 0 Å². The average Bonchev–Trinajstić information content (AvgIpc) is 3.29. The zero-order valence-corrected chi connectivity index (χ0v) is 20.0. The second-order valence-electron chi connectivity index (χ2n) is 9.59. The van der Waals surface area contributed by atoms with Crippen molar-refractivity contribution in [1.82, 2.24) is 4.90 Å². The van der Waals surface area contributed by atoms with Crippen molar-refractivity contribution in [3.63, 3.8) is 0 Å². The third kappa shape index (κ3) is 5.13. The number of benzene rings is 1. The lowest BCUT2D eigenvalue weighted by Gasteiger charge is -2.39. The molecular weight excluding hydrogens is 420 g/mol. The van der Waals surface area contributed by atoms with Crippen molar-refractivity contribution in [2.45, 2.75) is 33.1 Å². The van der Waals surface area contributed by atoms with Gasteiger partial charge in [-0.1, -0.05) is 19.4 Å². The Kier molecular flexibility index (Phi) is 6.82. The van der Waals surface area contributed by atoms with Crippen LogP contribution in [0.2, 0.25) is 0 Å². The van der Waals surface area contributed by atoms with Crippen LogP contribution in [-0.2, 0) is 4.74 Å². The molecule has 1 fully saturated rings. The van der Waals surface area contributed by atoms with E-state index in [0.29, 0.717) is 11.0 Å². The van der Waals surface area contributed by atoms with Crippen molar-refractivity contribution in [2.75, 3.05) is 44.7 Å². The first kappa shape index (κ1) is 22.7. The molecule has 1 aromatic carbocycles. The molecule has 0 unspecified atom stereocenters. The highest BCUT2D eigenvalue weighted by molar-refractivity contribution is 7.11. The Morgan fingerprint density at radius 1 is 1.16 bits per heavy atom. The summed E-state index contributed by atoms with van der Waals surface area (Å²) in [5.41, 5.74) is 5.82. The molecule has 2 aromatic rings. The first-order valence-electron chi connectivity index (χ1n) is 11.3. The predicted molar refractivity (Wildman–Crippen MR) is 131 cm³/mol. The Morgan fingerprint density at radius 2 is 1.88 bits per heavy atom. The SMILES string of the molecule is COC(=O)c1ccc(N2CCN(CC3=C(c4cc(C=O)cs4)CC(C)(C)CC3)CC2)cc1. The predicted octanol–water partition coefficient (Wildman–Crippen LogP) is 5.13. The molecule has 0 amide bonds. The van der Waals surface area contributed by atoms with Crippen LogP contribution in [0.4, 0.5) is 5.69 Å². The van der Waals surface area contributed by atoms with E-state index in [4.69, 9.17) is 4.74 Å². The number of hydrogen-bond donors (Lipinski definition) is 0. The van der Waals surface area contributed by atoms with Crippen LogP contribution in [0.5, 0.6) is 0 Å². The maximum Gasteiger partial charge on any atom is 0.337 e. The van der Waals surface area contributed by atoms with Crippen LogP contribution in [0.3, 0.4) is 0 Å². The van der Waals surface area contributed by atoms with Gasteiger partial charge in [-0.15, -0.1) is 11.3 Å². The van der Waals surface area contributed by atoms with Crippen LogP contribution in [0, 0.1) is 5.41 Å². The molecule has 4 rings (SSSR count). The first-order valence-corrected chi connectivity index (χ1v) is 12.2. The number of allylic oxidation sites excluding steroid dienone is 1. The zero-order valence-electron chi connectivity index (χ0n) is 19.2. The normalized spacial score (nSPS) is 19.2. The van der Waals surface area contributed by atoms with Gasteiger partial charge in [0, 0.05) is 54.2 Å². The Labute approximate surface area is 194 Å². The fraction of sp³-hybridized carbons (Fsp3) is 0.462. The number of nitrogens with zero attached hydrogens (tertiary/aromatic N) is 2. The van der Waals surface area contributed by atoms with Crippen molar-refractivity contribution in [3.05, 3.63) is 57.3 Å². The maximum absolute atomic E-state index is 11.7. The van der Waals surface area contributed by atoms with E-state index in [2.05, 4.69) is 29.7 Å². The van der Waals surface area contributed by atoms with Gasteiger partial charge in [-0.3, -0.25) is 9.69 Å². The quantitative estimate of drug-likeness (QED) is 0.449. The van der Waals surface area contributed by atoms with Crippen LogP contribution in [0.25, 0.3) is 5.57 Å². The fourth-order valence-corrected chi connectivity index (χ4v) is 5.65. The number of methoxy groups -OCH3 is 1. The summed E-state index contributed by atoms with van der Waals surface area (Å²) in [5, 5.41) is 1.97. The molecule has 32 heavy (non-hydrogen) atoms. The molecule has 0 bridgehead atoms. The van der Waals surface area contributed by atoms with Crippen LogP contribution in [0.1, 0.15) is 58.7 Å². The first-order chi connectivity index (χ1) is 15.4. The van der Waals surface area contributed by atoms with Gasteiger partial charge in [0.25, 0.3) is 0 Å². The van der Waals surface area contributed by atoms with Gasteiger partial charge in [0.2, 0.25) is 0 Å². The highest BCUT2D eigenvalue weighted by Gasteiger charge is 2.30. The molecular formula is C26H32N2O3S. The third-order valence-electron chi connectivity index (χ3n) is 6.68. The molecule has 2 aliphatic rings. The van der Waals surface area contributed by atoms with E-state index in [1.54, 1.807) is 16.9 Å². The van der Waals surface area contributed by atoms with E-state index in [-0.39, 0.29) is 5.97 Å². The molecule has 1 saturated heterocycles. The van der Waals surface area contributed by atoms with Gasteiger partial charge in [0.15, 0.2) is 6.29 Å². The van der Waals surface area contributed by atoms with Gasteiger partial charge >= 0.3 is 5.97 Å². The van der Waals surface area contributed by atoms with Crippen LogP contribution in [-0.4, -0.2) is 57.0 Å². The van der Waals surface area contributed by atoms with Gasteiger partial charge in [0.05, 0.1) is 12.7 Å². The number of carbonyl (C=O) groups excluding carboxylic acids is 2. The number of rotatable bonds is 6. The van der Waals surface area contributed by atoms with E-state index < -0.39 is 0 Å². The number of thiophene rings is 1. The van der Waals surface area contributed by atoms with Crippen molar-refractivity contribution in [2.24, 2.45) is 5.41 Å². The third-order valence-corrected chi connectivity index (χ3v) is 7.69. The lowest BCUT2D eigenvalue weighted by molar-refractivity contribution is 0.0600. The zero-order chi connectivity index (χ0) is 22.7. The Morgan fingerprint density at radius 3 is 2.50 bits per heavy atom. The monoisotopic (exact) mass is 452 g/mol. The lowest BCUT2D eigenvalue weighted by atomic mass is 9.73. The van der Waals surface area contributed by atoms with Crippen molar-refractivity contribution in [3.8, 4) is 0 Å². The molecule has 0 spiro atoms. The van der Waals surface area contributed by atoms with E-state index in [1.165, 1.54) is 24.0 Å². The largest absolute Gasteiger partial charge is 0.465 e. The van der Waals surface area contributed by atoms with Crippen molar-refractivity contribution >= 4 is 34.9 Å². The molecule has 2 heterocycles. The van der Waals surface area contributed by atoms with Gasteiger partial charge in [-0.25, -0.2) is 4.79 Å². The number of esters is 1. The molecule has 0 N–H and O–H groups in total. The molecule has 0 radical (unpaired) electrons. The van der Waals surface area contributed by atoms with E-state index in [1.807, 2.05) is 29.6 Å². The van der Waals surface area contributed by atoms with Crippen molar-refractivity contribution < 1.29 is 14.3 Å². The van der Waals surface area contributed by atoms with Crippen LogP contribution < -0.4 is 4.90 Å². The van der Waals surface area contributed by atoms with E-state index >= 15 is 0 Å².